The van der Waals surface area contributed by atoms with Gasteiger partial charge in [-0.25, -0.2) is 0 Å². The minimum absolute atomic E-state index is 0.141. The van der Waals surface area contributed by atoms with Gasteiger partial charge in [0.25, 0.3) is 5.91 Å². The quantitative estimate of drug-likeness (QED) is 0.839. The van der Waals surface area contributed by atoms with Gasteiger partial charge in [-0.2, -0.15) is 0 Å². The Hall–Kier alpha value is -1.97. The summed E-state index contributed by atoms with van der Waals surface area (Å²) in [6, 6.07) is 7.12. The molecular weight excluding hydrogens is 252 g/mol. The molecular formula is C16H20N2O2. The van der Waals surface area contributed by atoms with Gasteiger partial charge in [0.05, 0.1) is 0 Å². The summed E-state index contributed by atoms with van der Waals surface area (Å²) in [7, 11) is 0. The predicted molar refractivity (Wildman–Crippen MR) is 79.5 cm³/mol. The number of anilines is 1. The number of hydrogen-bond donors (Lipinski definition) is 2. The normalized spacial score (nSPS) is 15.8. The number of benzene rings is 1. The molecule has 2 aromatic rings. The molecule has 20 heavy (non-hydrogen) atoms. The molecule has 1 amide bonds. The molecule has 1 heterocycles. The van der Waals surface area contributed by atoms with Crippen LogP contribution in [-0.2, 0) is 0 Å². The van der Waals surface area contributed by atoms with Crippen LogP contribution >= 0.6 is 0 Å². The number of carbonyl (C=O) groups excluding carboxylic acids is 1. The molecule has 1 aromatic carbocycles. The molecule has 4 nitrogen and oxygen atoms in total. The maximum absolute atomic E-state index is 12.0. The van der Waals surface area contributed by atoms with Gasteiger partial charge in [-0.05, 0) is 36.6 Å². The van der Waals surface area contributed by atoms with Crippen LogP contribution in [0.5, 0.6) is 0 Å². The third-order valence-electron chi connectivity index (χ3n) is 4.08. The van der Waals surface area contributed by atoms with Crippen molar-refractivity contribution in [3.05, 3.63) is 30.0 Å². The molecule has 1 saturated carbocycles. The highest BCUT2D eigenvalue weighted by molar-refractivity contribution is 5.96. The highest BCUT2D eigenvalue weighted by Crippen LogP contribution is 2.27. The van der Waals surface area contributed by atoms with Crippen LogP contribution in [0.3, 0.4) is 0 Å². The van der Waals surface area contributed by atoms with E-state index in [9.17, 15) is 4.79 Å². The molecule has 106 valence electrons. The predicted octanol–water partition coefficient (Wildman–Crippen LogP) is 3.33. The number of furan rings is 1. The highest BCUT2D eigenvalue weighted by Gasteiger charge is 2.16. The van der Waals surface area contributed by atoms with E-state index in [1.54, 1.807) is 18.2 Å². The number of fused-ring (bicyclic) bond motifs is 1. The Bertz CT molecular complexity index is 612. The molecule has 1 aliphatic carbocycles. The standard InChI is InChI=1S/C16H20N2O2/c17-13-5-6-14-12(9-13)10-15(20-14)16(19)18-8-7-11-3-1-2-4-11/h5-6,9-11H,1-4,7-8,17H2,(H,18,19). The molecule has 1 aromatic heterocycles. The fourth-order valence-corrected chi connectivity index (χ4v) is 2.95. The maximum Gasteiger partial charge on any atom is 0.287 e. The lowest BCUT2D eigenvalue weighted by molar-refractivity contribution is 0.0926. The van der Waals surface area contributed by atoms with Gasteiger partial charge in [0.2, 0.25) is 0 Å². The lowest BCUT2D eigenvalue weighted by atomic mass is 10.0. The summed E-state index contributed by atoms with van der Waals surface area (Å²) in [6.07, 6.45) is 6.35. The van der Waals surface area contributed by atoms with Crippen LogP contribution in [0.4, 0.5) is 5.69 Å². The van der Waals surface area contributed by atoms with E-state index in [-0.39, 0.29) is 5.91 Å². The Labute approximate surface area is 118 Å². The van der Waals surface area contributed by atoms with Crippen molar-refractivity contribution < 1.29 is 9.21 Å². The zero-order valence-electron chi connectivity index (χ0n) is 11.5. The van der Waals surface area contributed by atoms with E-state index < -0.39 is 0 Å². The van der Waals surface area contributed by atoms with Gasteiger partial charge in [0.15, 0.2) is 5.76 Å². The zero-order valence-corrected chi connectivity index (χ0v) is 11.5. The zero-order chi connectivity index (χ0) is 13.9. The molecule has 0 unspecified atom stereocenters. The monoisotopic (exact) mass is 272 g/mol. The van der Waals surface area contributed by atoms with Crippen LogP contribution < -0.4 is 11.1 Å². The van der Waals surface area contributed by atoms with Crippen LogP contribution in [0.15, 0.2) is 28.7 Å². The number of hydrogen-bond acceptors (Lipinski definition) is 3. The van der Waals surface area contributed by atoms with E-state index in [4.69, 9.17) is 10.2 Å². The van der Waals surface area contributed by atoms with Crippen LogP contribution in [0.1, 0.15) is 42.7 Å². The average molecular weight is 272 g/mol. The van der Waals surface area contributed by atoms with Crippen molar-refractivity contribution >= 4 is 22.6 Å². The third kappa shape index (κ3) is 2.79. The van der Waals surface area contributed by atoms with Crippen molar-refractivity contribution in [3.8, 4) is 0 Å². The van der Waals surface area contributed by atoms with Gasteiger partial charge in [0.1, 0.15) is 5.58 Å². The van der Waals surface area contributed by atoms with E-state index >= 15 is 0 Å². The van der Waals surface area contributed by atoms with Gasteiger partial charge >= 0.3 is 0 Å². The Morgan fingerprint density at radius 1 is 1.30 bits per heavy atom. The second-order valence-electron chi connectivity index (χ2n) is 5.60. The summed E-state index contributed by atoms with van der Waals surface area (Å²) < 4.78 is 5.54. The molecule has 0 aliphatic heterocycles. The van der Waals surface area contributed by atoms with Gasteiger partial charge in [0, 0.05) is 17.6 Å². The van der Waals surface area contributed by atoms with Crippen molar-refractivity contribution in [2.24, 2.45) is 5.92 Å². The number of nitrogen functional groups attached to an aromatic ring is 1. The smallest absolute Gasteiger partial charge is 0.287 e. The lowest BCUT2D eigenvalue weighted by Crippen LogP contribution is -2.25. The van der Waals surface area contributed by atoms with E-state index in [0.29, 0.717) is 17.0 Å². The number of amides is 1. The Kier molecular flexibility index (Phi) is 3.63. The summed E-state index contributed by atoms with van der Waals surface area (Å²) >= 11 is 0. The number of carbonyl (C=O) groups is 1. The largest absolute Gasteiger partial charge is 0.451 e. The fraction of sp³-hybridized carbons (Fsp3) is 0.438. The average Bonchev–Trinajstić information content (AvgIpc) is 3.06. The van der Waals surface area contributed by atoms with Crippen molar-refractivity contribution in [2.45, 2.75) is 32.1 Å². The summed E-state index contributed by atoms with van der Waals surface area (Å²) in [5.74, 6) is 1.00. The molecule has 0 radical (unpaired) electrons. The highest BCUT2D eigenvalue weighted by atomic mass is 16.3. The first kappa shape index (κ1) is 13.0. The van der Waals surface area contributed by atoms with Gasteiger partial charge in [-0.1, -0.05) is 25.7 Å². The second kappa shape index (κ2) is 5.57. The number of nitrogens with one attached hydrogen (secondary N) is 1. The fourth-order valence-electron chi connectivity index (χ4n) is 2.95. The molecule has 0 spiro atoms. The Morgan fingerprint density at radius 3 is 2.90 bits per heavy atom. The lowest BCUT2D eigenvalue weighted by Gasteiger charge is -2.08. The second-order valence-corrected chi connectivity index (χ2v) is 5.60. The Balaban J connectivity index is 1.60. The van der Waals surface area contributed by atoms with Gasteiger partial charge in [-0.15, -0.1) is 0 Å². The van der Waals surface area contributed by atoms with E-state index in [1.165, 1.54) is 25.7 Å². The molecule has 4 heteroatoms. The minimum Gasteiger partial charge on any atom is -0.451 e. The van der Waals surface area contributed by atoms with Crippen LogP contribution in [0.2, 0.25) is 0 Å². The van der Waals surface area contributed by atoms with Crippen LogP contribution in [0, 0.1) is 5.92 Å². The van der Waals surface area contributed by atoms with Crippen molar-refractivity contribution in [2.75, 3.05) is 12.3 Å². The minimum atomic E-state index is -0.141. The molecule has 0 saturated heterocycles. The number of rotatable bonds is 4. The first-order valence-corrected chi connectivity index (χ1v) is 7.29. The van der Waals surface area contributed by atoms with Crippen LogP contribution in [-0.4, -0.2) is 12.5 Å². The summed E-state index contributed by atoms with van der Waals surface area (Å²) in [4.78, 5) is 12.0. The molecule has 0 bridgehead atoms. The third-order valence-corrected chi connectivity index (χ3v) is 4.08. The van der Waals surface area contributed by atoms with E-state index in [2.05, 4.69) is 5.32 Å². The molecule has 3 N–H and O–H groups in total. The summed E-state index contributed by atoms with van der Waals surface area (Å²) in [6.45, 7) is 0.725. The van der Waals surface area contributed by atoms with Crippen LogP contribution in [0.25, 0.3) is 11.0 Å². The van der Waals surface area contributed by atoms with E-state index in [1.807, 2.05) is 6.07 Å². The first-order chi connectivity index (χ1) is 9.72. The molecule has 1 aliphatic rings. The summed E-state index contributed by atoms with van der Waals surface area (Å²) in [5, 5.41) is 3.80. The SMILES string of the molecule is Nc1ccc2oc(C(=O)NCCC3CCCC3)cc2c1. The van der Waals surface area contributed by atoms with E-state index in [0.717, 1.165) is 24.3 Å². The Morgan fingerprint density at radius 2 is 2.10 bits per heavy atom. The molecule has 1 fully saturated rings. The topological polar surface area (TPSA) is 68.3 Å². The molecule has 3 rings (SSSR count). The summed E-state index contributed by atoms with van der Waals surface area (Å²) in [5.41, 5.74) is 7.08. The first-order valence-electron chi connectivity index (χ1n) is 7.29. The number of nitrogens with two attached hydrogens (primary N) is 1. The maximum atomic E-state index is 12.0. The van der Waals surface area contributed by atoms with Crippen molar-refractivity contribution in [1.82, 2.24) is 5.32 Å². The molecule has 0 atom stereocenters. The van der Waals surface area contributed by atoms with Gasteiger partial charge in [-0.3, -0.25) is 4.79 Å². The van der Waals surface area contributed by atoms with Gasteiger partial charge < -0.3 is 15.5 Å². The van der Waals surface area contributed by atoms with Crippen molar-refractivity contribution in [1.29, 1.82) is 0 Å². The van der Waals surface area contributed by atoms with Crippen molar-refractivity contribution in [3.63, 3.8) is 0 Å².